The molecule has 0 radical (unpaired) electrons. The monoisotopic (exact) mass is 280 g/mol. The summed E-state index contributed by atoms with van der Waals surface area (Å²) in [6.45, 7) is 1.49. The number of aliphatic hydroxyl groups excluding tert-OH is 1. The van der Waals surface area contributed by atoms with Crippen molar-refractivity contribution in [2.75, 3.05) is 19.7 Å². The third-order valence-electron chi connectivity index (χ3n) is 3.82. The van der Waals surface area contributed by atoms with Crippen LogP contribution in [-0.2, 0) is 6.42 Å². The fourth-order valence-corrected chi connectivity index (χ4v) is 2.82. The van der Waals surface area contributed by atoms with Gasteiger partial charge in [0.2, 0.25) is 0 Å². The molecule has 0 aliphatic carbocycles. The highest BCUT2D eigenvalue weighted by atomic mass is 19.1. The van der Waals surface area contributed by atoms with Gasteiger partial charge < -0.3 is 14.8 Å². The number of piperidine rings is 1. The van der Waals surface area contributed by atoms with Gasteiger partial charge in [0.1, 0.15) is 0 Å². The molecule has 108 valence electrons. The summed E-state index contributed by atoms with van der Waals surface area (Å²) in [5.41, 5.74) is 0.845. The highest BCUT2D eigenvalue weighted by molar-refractivity contribution is 5.74. The number of fused-ring (bicyclic) bond motifs is 1. The molecule has 1 unspecified atom stereocenters. The maximum absolute atomic E-state index is 14.2. The molecule has 1 aromatic heterocycles. The van der Waals surface area contributed by atoms with Crippen LogP contribution in [0.4, 0.5) is 4.39 Å². The van der Waals surface area contributed by atoms with E-state index >= 15 is 0 Å². The molecule has 1 atom stereocenters. The van der Waals surface area contributed by atoms with Crippen molar-refractivity contribution in [2.45, 2.75) is 25.3 Å². The van der Waals surface area contributed by atoms with Crippen molar-refractivity contribution in [3.63, 3.8) is 0 Å². The van der Waals surface area contributed by atoms with Crippen LogP contribution in [-0.4, -0.2) is 29.4 Å². The van der Waals surface area contributed by atoms with Crippen molar-refractivity contribution in [2.24, 2.45) is 0 Å². The van der Waals surface area contributed by atoms with Crippen LogP contribution < -0.4 is 11.1 Å². The van der Waals surface area contributed by atoms with E-state index in [1.54, 1.807) is 12.1 Å². The number of nitrogens with one attached hydrogen (secondary N) is 1. The van der Waals surface area contributed by atoms with Crippen molar-refractivity contribution >= 4 is 11.1 Å². The highest BCUT2D eigenvalue weighted by Gasteiger charge is 2.23. The van der Waals surface area contributed by atoms with Crippen LogP contribution in [0, 0.1) is 5.82 Å². The second-order valence-electron chi connectivity index (χ2n) is 5.10. The van der Waals surface area contributed by atoms with E-state index in [-0.39, 0.29) is 24.7 Å². The summed E-state index contributed by atoms with van der Waals surface area (Å²) in [7, 11) is 0. The van der Waals surface area contributed by atoms with Gasteiger partial charge in [-0.15, -0.1) is 0 Å². The Morgan fingerprint density at radius 3 is 3.05 bits per heavy atom. The van der Waals surface area contributed by atoms with Crippen LogP contribution >= 0.6 is 0 Å². The van der Waals surface area contributed by atoms with E-state index in [9.17, 15) is 9.18 Å². The largest absolute Gasteiger partial charge is 0.420 e. The first kappa shape index (κ1) is 13.3. The van der Waals surface area contributed by atoms with E-state index in [1.165, 1.54) is 4.57 Å². The number of benzene rings is 1. The highest BCUT2D eigenvalue weighted by Crippen LogP contribution is 2.25. The van der Waals surface area contributed by atoms with E-state index < -0.39 is 11.6 Å². The van der Waals surface area contributed by atoms with E-state index in [4.69, 9.17) is 9.52 Å². The van der Waals surface area contributed by atoms with Crippen LogP contribution in [0.2, 0.25) is 0 Å². The summed E-state index contributed by atoms with van der Waals surface area (Å²) in [5, 5.41) is 12.1. The average Bonchev–Trinajstić information content (AvgIpc) is 2.80. The molecule has 0 saturated carbocycles. The van der Waals surface area contributed by atoms with Crippen molar-refractivity contribution < 1.29 is 13.9 Å². The smallest absolute Gasteiger partial charge is 0.405 e. The Kier molecular flexibility index (Phi) is 3.58. The van der Waals surface area contributed by atoms with Crippen LogP contribution in [0.3, 0.4) is 0 Å². The van der Waals surface area contributed by atoms with Crippen molar-refractivity contribution in [1.29, 1.82) is 0 Å². The molecule has 1 fully saturated rings. The van der Waals surface area contributed by atoms with Crippen LogP contribution in [0.1, 0.15) is 24.4 Å². The summed E-state index contributed by atoms with van der Waals surface area (Å²) < 4.78 is 20.9. The summed E-state index contributed by atoms with van der Waals surface area (Å²) in [6, 6.07) is 3.30. The topological polar surface area (TPSA) is 67.4 Å². The molecule has 2 N–H and O–H groups in total. The Bertz CT molecular complexity index is 671. The van der Waals surface area contributed by atoms with Gasteiger partial charge >= 0.3 is 5.76 Å². The average molecular weight is 280 g/mol. The summed E-state index contributed by atoms with van der Waals surface area (Å²) >= 11 is 0. The minimum Gasteiger partial charge on any atom is -0.405 e. The van der Waals surface area contributed by atoms with Gasteiger partial charge in [0.15, 0.2) is 11.4 Å². The molecule has 1 aliphatic heterocycles. The van der Waals surface area contributed by atoms with Crippen LogP contribution in [0.25, 0.3) is 11.1 Å². The Hall–Kier alpha value is -1.66. The number of aliphatic hydroxyl groups is 1. The normalized spacial score (nSPS) is 19.6. The Balaban J connectivity index is 2.11. The number of hydrogen-bond acceptors (Lipinski definition) is 4. The molecule has 0 spiro atoms. The molecular weight excluding hydrogens is 263 g/mol. The van der Waals surface area contributed by atoms with Gasteiger partial charge in [0.05, 0.1) is 11.6 Å². The van der Waals surface area contributed by atoms with Gasteiger partial charge in [-0.25, -0.2) is 9.18 Å². The molecule has 1 aliphatic rings. The van der Waals surface area contributed by atoms with Crippen molar-refractivity contribution in [3.8, 4) is 0 Å². The van der Waals surface area contributed by atoms with Crippen molar-refractivity contribution in [1.82, 2.24) is 9.88 Å². The number of rotatable bonds is 3. The predicted octanol–water partition coefficient (Wildman–Crippen LogP) is 1.19. The van der Waals surface area contributed by atoms with Gasteiger partial charge in [-0.05, 0) is 37.4 Å². The summed E-state index contributed by atoms with van der Waals surface area (Å²) in [6.07, 6.45) is 2.07. The van der Waals surface area contributed by atoms with Gasteiger partial charge in [-0.3, -0.25) is 4.57 Å². The first-order valence-electron chi connectivity index (χ1n) is 6.86. The van der Waals surface area contributed by atoms with E-state index in [2.05, 4.69) is 5.32 Å². The number of aromatic nitrogens is 1. The lowest BCUT2D eigenvalue weighted by Crippen LogP contribution is -2.35. The lowest BCUT2D eigenvalue weighted by molar-refractivity contribution is 0.297. The minimum absolute atomic E-state index is 0.000548. The summed E-state index contributed by atoms with van der Waals surface area (Å²) in [5.74, 6) is -1.06. The lowest BCUT2D eigenvalue weighted by Gasteiger charge is -2.23. The Labute approximate surface area is 115 Å². The van der Waals surface area contributed by atoms with Gasteiger partial charge in [-0.1, -0.05) is 6.07 Å². The zero-order valence-electron chi connectivity index (χ0n) is 11.1. The fourth-order valence-electron chi connectivity index (χ4n) is 2.82. The number of hydrogen-bond donors (Lipinski definition) is 2. The summed E-state index contributed by atoms with van der Waals surface area (Å²) in [4.78, 5) is 12.0. The lowest BCUT2D eigenvalue weighted by atomic mass is 10.1. The molecule has 0 bridgehead atoms. The Morgan fingerprint density at radius 1 is 1.50 bits per heavy atom. The third kappa shape index (κ3) is 2.14. The molecule has 1 aromatic carbocycles. The van der Waals surface area contributed by atoms with E-state index in [0.717, 1.165) is 19.4 Å². The fraction of sp³-hybridized carbons (Fsp3) is 0.500. The van der Waals surface area contributed by atoms with Gasteiger partial charge in [0.25, 0.3) is 0 Å². The first-order chi connectivity index (χ1) is 9.72. The van der Waals surface area contributed by atoms with Crippen molar-refractivity contribution in [3.05, 3.63) is 34.1 Å². The standard InChI is InChI=1S/C14H17FN2O3/c15-12-9(5-7-18)3-4-11-13(12)20-14(19)17(11)10-2-1-6-16-8-10/h3-4,10,16,18H,1-2,5-8H2. The predicted molar refractivity (Wildman–Crippen MR) is 72.4 cm³/mol. The zero-order chi connectivity index (χ0) is 14.1. The zero-order valence-corrected chi connectivity index (χ0v) is 11.1. The number of nitrogens with zero attached hydrogens (tertiary/aromatic N) is 1. The molecule has 3 rings (SSSR count). The van der Waals surface area contributed by atoms with Gasteiger partial charge in [-0.2, -0.15) is 0 Å². The second-order valence-corrected chi connectivity index (χ2v) is 5.10. The molecule has 20 heavy (non-hydrogen) atoms. The first-order valence-corrected chi connectivity index (χ1v) is 6.86. The van der Waals surface area contributed by atoms with Crippen LogP contribution in [0.5, 0.6) is 0 Å². The third-order valence-corrected chi connectivity index (χ3v) is 3.82. The quantitative estimate of drug-likeness (QED) is 0.886. The molecule has 6 heteroatoms. The maximum atomic E-state index is 14.2. The molecule has 2 aromatic rings. The molecule has 2 heterocycles. The second kappa shape index (κ2) is 5.38. The molecule has 0 amide bonds. The number of oxazole rings is 1. The minimum atomic E-state index is -0.545. The molecular formula is C14H17FN2O3. The van der Waals surface area contributed by atoms with E-state index in [0.29, 0.717) is 17.6 Å². The molecule has 5 nitrogen and oxygen atoms in total. The number of halogens is 1. The van der Waals surface area contributed by atoms with Gasteiger partial charge in [0, 0.05) is 13.2 Å². The van der Waals surface area contributed by atoms with E-state index in [1.807, 2.05) is 0 Å². The SMILES string of the molecule is O=c1oc2c(F)c(CCO)ccc2n1C1CCCNC1. The Morgan fingerprint density at radius 2 is 2.35 bits per heavy atom. The molecule has 1 saturated heterocycles. The maximum Gasteiger partial charge on any atom is 0.420 e. The van der Waals surface area contributed by atoms with Crippen LogP contribution in [0.15, 0.2) is 21.3 Å².